The molecule has 0 saturated carbocycles. The van der Waals surface area contributed by atoms with E-state index >= 15 is 0 Å². The average molecular weight is 327 g/mol. The lowest BCUT2D eigenvalue weighted by Gasteiger charge is -2.22. The third kappa shape index (κ3) is 4.53. The van der Waals surface area contributed by atoms with Crippen molar-refractivity contribution >= 4 is 16.0 Å². The van der Waals surface area contributed by atoms with Crippen molar-refractivity contribution in [3.63, 3.8) is 0 Å². The second-order valence-corrected chi connectivity index (χ2v) is 7.29. The Kier molecular flexibility index (Phi) is 5.93. The number of hydrogen-bond acceptors (Lipinski definition) is 5. The molecule has 1 aliphatic rings. The number of carbonyl (C=O) groups is 1. The fourth-order valence-corrected chi connectivity index (χ4v) is 3.35. The van der Waals surface area contributed by atoms with E-state index in [1.807, 2.05) is 0 Å². The minimum atomic E-state index is -3.68. The molecule has 22 heavy (non-hydrogen) atoms. The Morgan fingerprint density at radius 3 is 2.68 bits per heavy atom. The fraction of sp³-hybridized carbons (Fsp3) is 0.533. The minimum absolute atomic E-state index is 0.0752. The molecule has 0 radical (unpaired) electrons. The highest BCUT2D eigenvalue weighted by molar-refractivity contribution is 7.89. The zero-order valence-corrected chi connectivity index (χ0v) is 13.4. The molecule has 1 aromatic rings. The Hall–Kier alpha value is -1.44. The van der Waals surface area contributed by atoms with Crippen molar-refractivity contribution in [2.45, 2.75) is 30.3 Å². The van der Waals surface area contributed by atoms with Gasteiger partial charge < -0.3 is 9.47 Å². The summed E-state index contributed by atoms with van der Waals surface area (Å²) in [7, 11) is -2.31. The molecule has 0 N–H and O–H groups in total. The predicted octanol–water partition coefficient (Wildman–Crippen LogP) is 1.42. The van der Waals surface area contributed by atoms with Crippen molar-refractivity contribution in [2.24, 2.45) is 0 Å². The normalized spacial score (nSPS) is 19.1. The summed E-state index contributed by atoms with van der Waals surface area (Å²) in [5.74, 6) is -0.573. The number of ether oxygens (including phenoxy) is 2. The molecule has 1 aliphatic heterocycles. The number of likely N-dealkylation sites (N-methyl/N-ethyl adjacent to an activating group) is 1. The van der Waals surface area contributed by atoms with Crippen LogP contribution in [-0.2, 0) is 24.3 Å². The van der Waals surface area contributed by atoms with Crippen molar-refractivity contribution in [1.29, 1.82) is 0 Å². The number of nitrogens with zero attached hydrogens (tertiary/aromatic N) is 1. The van der Waals surface area contributed by atoms with Gasteiger partial charge in [-0.05, 0) is 31.4 Å². The molecule has 0 amide bonds. The number of esters is 1. The molecule has 1 atom stereocenters. The number of sulfonamides is 1. The number of benzene rings is 1. The maximum absolute atomic E-state index is 12.3. The van der Waals surface area contributed by atoms with Gasteiger partial charge in [-0.25, -0.2) is 8.42 Å². The van der Waals surface area contributed by atoms with Crippen LogP contribution in [0, 0.1) is 0 Å². The topological polar surface area (TPSA) is 72.9 Å². The first-order chi connectivity index (χ1) is 10.5. The van der Waals surface area contributed by atoms with E-state index in [-0.39, 0.29) is 24.2 Å². The fourth-order valence-electron chi connectivity index (χ4n) is 2.21. The first-order valence-electron chi connectivity index (χ1n) is 7.29. The van der Waals surface area contributed by atoms with Crippen molar-refractivity contribution in [3.8, 4) is 0 Å². The molecule has 0 aromatic heterocycles. The maximum atomic E-state index is 12.3. The summed E-state index contributed by atoms with van der Waals surface area (Å²) in [4.78, 5) is 11.9. The summed E-state index contributed by atoms with van der Waals surface area (Å²) in [5, 5.41) is 0. The first-order valence-corrected chi connectivity index (χ1v) is 8.73. The molecule has 0 unspecified atom stereocenters. The van der Waals surface area contributed by atoms with Crippen LogP contribution in [-0.4, -0.2) is 51.6 Å². The van der Waals surface area contributed by atoms with Crippen LogP contribution in [0.15, 0.2) is 35.2 Å². The highest BCUT2D eigenvalue weighted by Gasteiger charge is 2.24. The van der Waals surface area contributed by atoms with Crippen LogP contribution >= 0.6 is 0 Å². The lowest BCUT2D eigenvalue weighted by Crippen LogP contribution is -2.34. The van der Waals surface area contributed by atoms with Crippen LogP contribution in [0.3, 0.4) is 0 Å². The Morgan fingerprint density at radius 2 is 2.05 bits per heavy atom. The minimum Gasteiger partial charge on any atom is -0.462 e. The van der Waals surface area contributed by atoms with Gasteiger partial charge in [-0.2, -0.15) is 4.31 Å². The van der Waals surface area contributed by atoms with Gasteiger partial charge in [-0.3, -0.25) is 4.79 Å². The third-order valence-corrected chi connectivity index (χ3v) is 5.32. The predicted molar refractivity (Wildman–Crippen MR) is 80.8 cm³/mol. The number of hydrogen-bond donors (Lipinski definition) is 0. The molecule has 2 rings (SSSR count). The Labute approximate surface area is 131 Å². The summed E-state index contributed by atoms with van der Waals surface area (Å²) in [6.45, 7) is 0.548. The van der Waals surface area contributed by atoms with Crippen LogP contribution in [0.1, 0.15) is 19.3 Å². The number of rotatable bonds is 6. The van der Waals surface area contributed by atoms with Crippen LogP contribution in [0.2, 0.25) is 0 Å². The zero-order chi connectivity index (χ0) is 16.0. The van der Waals surface area contributed by atoms with Crippen molar-refractivity contribution in [1.82, 2.24) is 4.31 Å². The molecular formula is C15H21NO5S. The monoisotopic (exact) mass is 327 g/mol. The first kappa shape index (κ1) is 16.9. The number of carbonyl (C=O) groups excluding carboxylic acids is 1. The average Bonchev–Trinajstić information content (AvgIpc) is 2.54. The second-order valence-electron chi connectivity index (χ2n) is 5.25. The summed E-state index contributed by atoms with van der Waals surface area (Å²) in [6, 6.07) is 8.00. The van der Waals surface area contributed by atoms with Gasteiger partial charge >= 0.3 is 5.97 Å². The van der Waals surface area contributed by atoms with Gasteiger partial charge in [-0.1, -0.05) is 18.2 Å². The molecule has 0 spiro atoms. The van der Waals surface area contributed by atoms with E-state index in [1.54, 1.807) is 18.2 Å². The largest absolute Gasteiger partial charge is 0.462 e. The van der Waals surface area contributed by atoms with Gasteiger partial charge in [0.1, 0.15) is 13.2 Å². The van der Waals surface area contributed by atoms with Crippen LogP contribution in [0.4, 0.5) is 0 Å². The lowest BCUT2D eigenvalue weighted by atomic mass is 10.1. The van der Waals surface area contributed by atoms with Crippen molar-refractivity contribution in [2.75, 3.05) is 26.8 Å². The van der Waals surface area contributed by atoms with E-state index in [0.717, 1.165) is 23.6 Å². The van der Waals surface area contributed by atoms with Gasteiger partial charge in [0, 0.05) is 13.7 Å². The summed E-state index contributed by atoms with van der Waals surface area (Å²) in [6.07, 6.45) is 2.88. The molecule has 1 fully saturated rings. The van der Waals surface area contributed by atoms with Gasteiger partial charge in [-0.15, -0.1) is 0 Å². The molecule has 0 aliphatic carbocycles. The Bertz CT molecular complexity index is 581. The van der Waals surface area contributed by atoms with Crippen LogP contribution < -0.4 is 0 Å². The molecule has 7 heteroatoms. The molecule has 1 aromatic carbocycles. The van der Waals surface area contributed by atoms with E-state index in [9.17, 15) is 13.2 Å². The smallest absolute Gasteiger partial charge is 0.321 e. The van der Waals surface area contributed by atoms with E-state index in [1.165, 1.54) is 19.2 Å². The Morgan fingerprint density at radius 1 is 1.32 bits per heavy atom. The third-order valence-electron chi connectivity index (χ3n) is 3.51. The second kappa shape index (κ2) is 7.71. The van der Waals surface area contributed by atoms with Crippen molar-refractivity contribution in [3.05, 3.63) is 30.3 Å². The molecule has 1 saturated heterocycles. The van der Waals surface area contributed by atoms with E-state index < -0.39 is 16.0 Å². The maximum Gasteiger partial charge on any atom is 0.321 e. The molecule has 6 nitrogen and oxygen atoms in total. The Balaban J connectivity index is 1.85. The molecule has 1 heterocycles. The molecule has 122 valence electrons. The molecule has 0 bridgehead atoms. The van der Waals surface area contributed by atoms with Crippen molar-refractivity contribution < 1.29 is 22.7 Å². The van der Waals surface area contributed by atoms with E-state index in [2.05, 4.69) is 0 Å². The van der Waals surface area contributed by atoms with Crippen LogP contribution in [0.5, 0.6) is 0 Å². The SMILES string of the molecule is CN(CC(=O)OC[C@H]1CCCCO1)S(=O)(=O)c1ccccc1. The zero-order valence-electron chi connectivity index (χ0n) is 12.6. The summed E-state index contributed by atoms with van der Waals surface area (Å²) in [5.41, 5.74) is 0. The quantitative estimate of drug-likeness (QED) is 0.739. The summed E-state index contributed by atoms with van der Waals surface area (Å²) >= 11 is 0. The summed E-state index contributed by atoms with van der Waals surface area (Å²) < 4.78 is 36.1. The highest BCUT2D eigenvalue weighted by atomic mass is 32.2. The molecular weight excluding hydrogens is 306 g/mol. The van der Waals surface area contributed by atoms with Gasteiger partial charge in [0.2, 0.25) is 10.0 Å². The van der Waals surface area contributed by atoms with Gasteiger partial charge in [0.25, 0.3) is 0 Å². The van der Waals surface area contributed by atoms with Gasteiger partial charge in [0.05, 0.1) is 11.0 Å². The standard InChI is InChI=1S/C15H21NO5S/c1-16(22(18,19)14-8-3-2-4-9-14)11-15(17)21-12-13-7-5-6-10-20-13/h2-4,8-9,13H,5-7,10-12H2,1H3/t13-/m1/s1. The van der Waals surface area contributed by atoms with E-state index in [0.29, 0.717) is 6.61 Å². The lowest BCUT2D eigenvalue weighted by molar-refractivity contribution is -0.149. The van der Waals surface area contributed by atoms with Gasteiger partial charge in [0.15, 0.2) is 0 Å². The van der Waals surface area contributed by atoms with Crippen LogP contribution in [0.25, 0.3) is 0 Å². The highest BCUT2D eigenvalue weighted by Crippen LogP contribution is 2.14. The van der Waals surface area contributed by atoms with E-state index in [4.69, 9.17) is 9.47 Å².